The number of ether oxygens (including phenoxy) is 2. The SMILES string of the molecule is CCCCCCCOCN1CCN(COCCCCCCC)CC1. The van der Waals surface area contributed by atoms with E-state index in [2.05, 4.69) is 23.6 Å². The summed E-state index contributed by atoms with van der Waals surface area (Å²) in [4.78, 5) is 4.85. The maximum atomic E-state index is 5.81. The summed E-state index contributed by atoms with van der Waals surface area (Å²) < 4.78 is 11.6. The molecule has 4 heteroatoms. The van der Waals surface area contributed by atoms with Crippen LogP contribution in [-0.2, 0) is 9.47 Å². The Balaban J connectivity index is 1.85. The van der Waals surface area contributed by atoms with Gasteiger partial charge in [0.1, 0.15) is 0 Å². The molecule has 0 bridgehead atoms. The second-order valence-corrected chi connectivity index (χ2v) is 7.14. The van der Waals surface area contributed by atoms with Gasteiger partial charge in [0.15, 0.2) is 0 Å². The van der Waals surface area contributed by atoms with Gasteiger partial charge in [-0.3, -0.25) is 9.80 Å². The van der Waals surface area contributed by atoms with Crippen molar-refractivity contribution in [3.63, 3.8) is 0 Å². The third kappa shape index (κ3) is 12.2. The topological polar surface area (TPSA) is 24.9 Å². The number of piperazine rings is 1. The van der Waals surface area contributed by atoms with Gasteiger partial charge in [0.05, 0.1) is 13.5 Å². The average molecular weight is 343 g/mol. The van der Waals surface area contributed by atoms with E-state index in [9.17, 15) is 0 Å². The Hall–Kier alpha value is -0.160. The van der Waals surface area contributed by atoms with Crippen molar-refractivity contribution in [2.45, 2.75) is 78.1 Å². The molecule has 1 fully saturated rings. The highest BCUT2D eigenvalue weighted by Crippen LogP contribution is 2.06. The summed E-state index contributed by atoms with van der Waals surface area (Å²) in [5.41, 5.74) is 0. The molecule has 0 aromatic carbocycles. The van der Waals surface area contributed by atoms with E-state index in [4.69, 9.17) is 9.47 Å². The zero-order valence-electron chi connectivity index (χ0n) is 16.4. The molecule has 0 N–H and O–H groups in total. The fraction of sp³-hybridized carbons (Fsp3) is 1.00. The Morgan fingerprint density at radius 2 is 0.917 bits per heavy atom. The van der Waals surface area contributed by atoms with E-state index < -0.39 is 0 Å². The van der Waals surface area contributed by atoms with Gasteiger partial charge in [-0.05, 0) is 12.8 Å². The predicted octanol–water partition coefficient (Wildman–Crippen LogP) is 4.49. The molecule has 1 rings (SSSR count). The first kappa shape index (κ1) is 21.9. The van der Waals surface area contributed by atoms with Gasteiger partial charge in [-0.25, -0.2) is 0 Å². The summed E-state index contributed by atoms with van der Waals surface area (Å²) in [6.45, 7) is 12.4. The number of unbranched alkanes of at least 4 members (excludes halogenated alkanes) is 8. The molecule has 4 nitrogen and oxygen atoms in total. The zero-order valence-corrected chi connectivity index (χ0v) is 16.4. The van der Waals surface area contributed by atoms with Crippen LogP contribution in [0.25, 0.3) is 0 Å². The lowest BCUT2D eigenvalue weighted by Crippen LogP contribution is -2.47. The second kappa shape index (κ2) is 16.3. The maximum Gasteiger partial charge on any atom is 0.0991 e. The molecule has 1 heterocycles. The van der Waals surface area contributed by atoms with E-state index in [0.717, 1.165) is 52.9 Å². The fourth-order valence-corrected chi connectivity index (χ4v) is 3.05. The molecule has 0 radical (unpaired) electrons. The summed E-state index contributed by atoms with van der Waals surface area (Å²) in [6, 6.07) is 0. The second-order valence-electron chi connectivity index (χ2n) is 7.14. The summed E-state index contributed by atoms with van der Waals surface area (Å²) in [7, 11) is 0. The van der Waals surface area contributed by atoms with Gasteiger partial charge in [0, 0.05) is 39.4 Å². The van der Waals surface area contributed by atoms with E-state index in [1.807, 2.05) is 0 Å². The van der Waals surface area contributed by atoms with Crippen molar-refractivity contribution in [1.29, 1.82) is 0 Å². The van der Waals surface area contributed by atoms with Gasteiger partial charge in [-0.2, -0.15) is 0 Å². The van der Waals surface area contributed by atoms with E-state index in [-0.39, 0.29) is 0 Å². The van der Waals surface area contributed by atoms with Crippen molar-refractivity contribution in [2.75, 3.05) is 52.9 Å². The van der Waals surface area contributed by atoms with Gasteiger partial charge in [-0.1, -0.05) is 65.2 Å². The van der Waals surface area contributed by atoms with Gasteiger partial charge in [0.2, 0.25) is 0 Å². The Bertz CT molecular complexity index is 230. The largest absolute Gasteiger partial charge is 0.366 e. The summed E-state index contributed by atoms with van der Waals surface area (Å²) in [5, 5.41) is 0. The lowest BCUT2D eigenvalue weighted by molar-refractivity contribution is -0.0332. The molecule has 0 spiro atoms. The van der Waals surface area contributed by atoms with Crippen molar-refractivity contribution in [3.05, 3.63) is 0 Å². The van der Waals surface area contributed by atoms with Gasteiger partial charge < -0.3 is 9.47 Å². The lowest BCUT2D eigenvalue weighted by Gasteiger charge is -2.34. The van der Waals surface area contributed by atoms with Crippen molar-refractivity contribution in [2.24, 2.45) is 0 Å². The van der Waals surface area contributed by atoms with Crippen molar-refractivity contribution < 1.29 is 9.47 Å². The number of nitrogens with zero attached hydrogens (tertiary/aromatic N) is 2. The zero-order chi connectivity index (χ0) is 17.3. The van der Waals surface area contributed by atoms with Crippen LogP contribution in [0.15, 0.2) is 0 Å². The minimum Gasteiger partial charge on any atom is -0.366 e. The summed E-state index contributed by atoms with van der Waals surface area (Å²) in [5.74, 6) is 0. The highest BCUT2D eigenvalue weighted by atomic mass is 16.5. The Kier molecular flexibility index (Phi) is 14.9. The van der Waals surface area contributed by atoms with Crippen LogP contribution < -0.4 is 0 Å². The first-order chi connectivity index (χ1) is 11.9. The van der Waals surface area contributed by atoms with Crippen LogP contribution in [0.1, 0.15) is 78.1 Å². The van der Waals surface area contributed by atoms with Crippen LogP contribution in [0, 0.1) is 0 Å². The first-order valence-corrected chi connectivity index (χ1v) is 10.5. The Morgan fingerprint density at radius 3 is 1.29 bits per heavy atom. The number of hydrogen-bond acceptors (Lipinski definition) is 4. The molecule has 0 aromatic heterocycles. The molecule has 1 aliphatic rings. The molecule has 0 unspecified atom stereocenters. The average Bonchev–Trinajstić information content (AvgIpc) is 2.61. The van der Waals surface area contributed by atoms with Crippen LogP contribution >= 0.6 is 0 Å². The standard InChI is InChI=1S/C20H42N2O2/c1-3-5-7-9-11-17-23-19-21-13-15-22(16-14-21)20-24-18-12-10-8-6-4-2/h3-20H2,1-2H3. The third-order valence-corrected chi connectivity index (χ3v) is 4.80. The third-order valence-electron chi connectivity index (χ3n) is 4.80. The molecule has 0 atom stereocenters. The molecule has 0 amide bonds. The van der Waals surface area contributed by atoms with E-state index >= 15 is 0 Å². The minimum absolute atomic E-state index is 0.805. The van der Waals surface area contributed by atoms with E-state index in [1.54, 1.807) is 0 Å². The molecule has 1 saturated heterocycles. The Labute approximate surface area is 150 Å². The predicted molar refractivity (Wildman–Crippen MR) is 102 cm³/mol. The molecule has 24 heavy (non-hydrogen) atoms. The smallest absolute Gasteiger partial charge is 0.0991 e. The summed E-state index contributed by atoms with van der Waals surface area (Å²) in [6.07, 6.45) is 13.1. The highest BCUT2D eigenvalue weighted by Gasteiger charge is 2.16. The molecule has 0 aliphatic carbocycles. The minimum atomic E-state index is 0.805. The highest BCUT2D eigenvalue weighted by molar-refractivity contribution is 4.68. The van der Waals surface area contributed by atoms with Crippen LogP contribution in [0.2, 0.25) is 0 Å². The summed E-state index contributed by atoms with van der Waals surface area (Å²) >= 11 is 0. The van der Waals surface area contributed by atoms with Crippen molar-refractivity contribution >= 4 is 0 Å². The molecule has 144 valence electrons. The van der Waals surface area contributed by atoms with Gasteiger partial charge >= 0.3 is 0 Å². The molecule has 1 aliphatic heterocycles. The molecule has 0 aromatic rings. The maximum absolute atomic E-state index is 5.81. The van der Waals surface area contributed by atoms with Crippen LogP contribution in [-0.4, -0.2) is 62.7 Å². The van der Waals surface area contributed by atoms with Crippen molar-refractivity contribution in [3.8, 4) is 0 Å². The van der Waals surface area contributed by atoms with Gasteiger partial charge in [0.25, 0.3) is 0 Å². The normalized spacial score (nSPS) is 16.8. The Morgan fingerprint density at radius 1 is 0.542 bits per heavy atom. The number of hydrogen-bond donors (Lipinski definition) is 0. The molecular formula is C20H42N2O2. The van der Waals surface area contributed by atoms with Crippen LogP contribution in [0.3, 0.4) is 0 Å². The quantitative estimate of drug-likeness (QED) is 0.386. The van der Waals surface area contributed by atoms with Crippen LogP contribution in [0.5, 0.6) is 0 Å². The van der Waals surface area contributed by atoms with E-state index in [0.29, 0.717) is 0 Å². The lowest BCUT2D eigenvalue weighted by atomic mass is 10.2. The monoisotopic (exact) mass is 342 g/mol. The van der Waals surface area contributed by atoms with E-state index in [1.165, 1.54) is 64.2 Å². The van der Waals surface area contributed by atoms with Crippen molar-refractivity contribution in [1.82, 2.24) is 9.80 Å². The first-order valence-electron chi connectivity index (χ1n) is 10.5. The number of rotatable bonds is 16. The van der Waals surface area contributed by atoms with Crippen LogP contribution in [0.4, 0.5) is 0 Å². The van der Waals surface area contributed by atoms with Gasteiger partial charge in [-0.15, -0.1) is 0 Å². The fourth-order valence-electron chi connectivity index (χ4n) is 3.05. The molecule has 0 saturated carbocycles. The molecular weight excluding hydrogens is 300 g/mol.